The third-order valence-corrected chi connectivity index (χ3v) is 4.02. The normalized spacial score (nSPS) is 16.5. The zero-order chi connectivity index (χ0) is 15.3. The Morgan fingerprint density at radius 1 is 1.24 bits per heavy atom. The summed E-state index contributed by atoms with van der Waals surface area (Å²) >= 11 is 0. The molecule has 5 heteroatoms. The predicted molar refractivity (Wildman–Crippen MR) is 79.9 cm³/mol. The van der Waals surface area contributed by atoms with Crippen LogP contribution in [0.4, 0.5) is 0 Å². The average molecular weight is 290 g/mol. The first-order chi connectivity index (χ1) is 10.0. The first-order valence-electron chi connectivity index (χ1n) is 7.29. The van der Waals surface area contributed by atoms with Gasteiger partial charge in [0.2, 0.25) is 5.91 Å². The van der Waals surface area contributed by atoms with Gasteiger partial charge in [-0.15, -0.1) is 0 Å². The van der Waals surface area contributed by atoms with E-state index in [0.717, 1.165) is 31.2 Å². The van der Waals surface area contributed by atoms with Crippen LogP contribution in [0, 0.1) is 0 Å². The quantitative estimate of drug-likeness (QED) is 0.803. The zero-order valence-electron chi connectivity index (χ0n) is 12.4. The standard InChI is InChI=1S/C16H22N2O3/c1-21-14(19)13-6-4-12(5-7-13)8-11-18-15(20)16(17)9-2-3-10-16/h4-7H,2-3,8-11,17H2,1H3,(H,18,20). The van der Waals surface area contributed by atoms with Crippen LogP contribution in [0.3, 0.4) is 0 Å². The predicted octanol–water partition coefficient (Wildman–Crippen LogP) is 1.40. The molecule has 0 radical (unpaired) electrons. The van der Waals surface area contributed by atoms with E-state index >= 15 is 0 Å². The molecule has 2 rings (SSSR count). The molecule has 0 atom stereocenters. The SMILES string of the molecule is COC(=O)c1ccc(CCNC(=O)C2(N)CCCC2)cc1. The van der Waals surface area contributed by atoms with E-state index in [0.29, 0.717) is 18.5 Å². The Hall–Kier alpha value is -1.88. The molecule has 3 N–H and O–H groups in total. The summed E-state index contributed by atoms with van der Waals surface area (Å²) in [4.78, 5) is 23.4. The lowest BCUT2D eigenvalue weighted by Crippen LogP contribution is -2.52. The van der Waals surface area contributed by atoms with Gasteiger partial charge in [-0.2, -0.15) is 0 Å². The molecule has 5 nitrogen and oxygen atoms in total. The summed E-state index contributed by atoms with van der Waals surface area (Å²) < 4.78 is 4.65. The number of amides is 1. The molecule has 1 amide bonds. The summed E-state index contributed by atoms with van der Waals surface area (Å²) in [6, 6.07) is 7.19. The Kier molecular flexibility index (Phi) is 4.96. The molecule has 114 valence electrons. The van der Waals surface area contributed by atoms with Gasteiger partial charge in [0.05, 0.1) is 18.2 Å². The minimum absolute atomic E-state index is 0.0498. The van der Waals surface area contributed by atoms with Crippen molar-refractivity contribution in [3.63, 3.8) is 0 Å². The van der Waals surface area contributed by atoms with Gasteiger partial charge in [-0.1, -0.05) is 25.0 Å². The van der Waals surface area contributed by atoms with Crippen molar-refractivity contribution in [1.82, 2.24) is 5.32 Å². The van der Waals surface area contributed by atoms with E-state index in [9.17, 15) is 9.59 Å². The second kappa shape index (κ2) is 6.72. The van der Waals surface area contributed by atoms with Gasteiger partial charge < -0.3 is 15.8 Å². The van der Waals surface area contributed by atoms with Crippen LogP contribution in [0.5, 0.6) is 0 Å². The molecular weight excluding hydrogens is 268 g/mol. The fourth-order valence-corrected chi connectivity index (χ4v) is 2.65. The van der Waals surface area contributed by atoms with Gasteiger partial charge in [0.1, 0.15) is 0 Å². The van der Waals surface area contributed by atoms with Crippen molar-refractivity contribution < 1.29 is 14.3 Å². The number of hydrogen-bond donors (Lipinski definition) is 2. The molecule has 0 heterocycles. The van der Waals surface area contributed by atoms with Gasteiger partial charge in [-0.3, -0.25) is 4.79 Å². The molecule has 0 aromatic heterocycles. The number of benzene rings is 1. The number of carbonyl (C=O) groups is 2. The smallest absolute Gasteiger partial charge is 0.337 e. The molecule has 1 fully saturated rings. The van der Waals surface area contributed by atoms with Gasteiger partial charge >= 0.3 is 5.97 Å². The summed E-state index contributed by atoms with van der Waals surface area (Å²) in [5.74, 6) is -0.396. The van der Waals surface area contributed by atoms with Crippen molar-refractivity contribution in [1.29, 1.82) is 0 Å². The van der Waals surface area contributed by atoms with Gasteiger partial charge in [-0.05, 0) is 37.0 Å². The Balaban J connectivity index is 1.81. The molecule has 0 unspecified atom stereocenters. The van der Waals surface area contributed by atoms with Crippen molar-refractivity contribution in [2.45, 2.75) is 37.6 Å². The van der Waals surface area contributed by atoms with Crippen LogP contribution >= 0.6 is 0 Å². The number of rotatable bonds is 5. The van der Waals surface area contributed by atoms with Crippen LogP contribution in [0.15, 0.2) is 24.3 Å². The number of methoxy groups -OCH3 is 1. The second-order valence-electron chi connectivity index (χ2n) is 5.56. The van der Waals surface area contributed by atoms with E-state index in [4.69, 9.17) is 5.73 Å². The van der Waals surface area contributed by atoms with Gasteiger partial charge in [0.15, 0.2) is 0 Å². The number of esters is 1. The van der Waals surface area contributed by atoms with Gasteiger partial charge in [0.25, 0.3) is 0 Å². The van der Waals surface area contributed by atoms with Gasteiger partial charge in [-0.25, -0.2) is 4.79 Å². The topological polar surface area (TPSA) is 81.4 Å². The number of nitrogens with one attached hydrogen (secondary N) is 1. The summed E-state index contributed by atoms with van der Waals surface area (Å²) in [5.41, 5.74) is 7.00. The molecule has 1 aliphatic rings. The molecule has 1 aromatic rings. The van der Waals surface area contributed by atoms with E-state index in [1.165, 1.54) is 7.11 Å². The first-order valence-corrected chi connectivity index (χ1v) is 7.29. The highest BCUT2D eigenvalue weighted by Gasteiger charge is 2.36. The zero-order valence-corrected chi connectivity index (χ0v) is 12.4. The number of ether oxygens (including phenoxy) is 1. The molecule has 1 saturated carbocycles. The lowest BCUT2D eigenvalue weighted by Gasteiger charge is -2.22. The molecule has 1 aliphatic carbocycles. The minimum Gasteiger partial charge on any atom is -0.465 e. The Labute approximate surface area is 124 Å². The highest BCUT2D eigenvalue weighted by molar-refractivity contribution is 5.89. The van der Waals surface area contributed by atoms with Crippen LogP contribution in [-0.4, -0.2) is 31.1 Å². The van der Waals surface area contributed by atoms with Crippen LogP contribution in [-0.2, 0) is 16.0 Å². The molecule has 21 heavy (non-hydrogen) atoms. The third kappa shape index (κ3) is 3.82. The maximum absolute atomic E-state index is 12.0. The maximum Gasteiger partial charge on any atom is 0.337 e. The largest absolute Gasteiger partial charge is 0.465 e. The Morgan fingerprint density at radius 2 is 1.86 bits per heavy atom. The van der Waals surface area contributed by atoms with Gasteiger partial charge in [0, 0.05) is 6.54 Å². The monoisotopic (exact) mass is 290 g/mol. The highest BCUT2D eigenvalue weighted by Crippen LogP contribution is 2.27. The maximum atomic E-state index is 12.0. The summed E-state index contributed by atoms with van der Waals surface area (Å²) in [5, 5.41) is 2.91. The van der Waals surface area contributed by atoms with Crippen LogP contribution < -0.4 is 11.1 Å². The van der Waals surface area contributed by atoms with E-state index < -0.39 is 5.54 Å². The lowest BCUT2D eigenvalue weighted by atomic mass is 9.98. The molecular formula is C16H22N2O3. The van der Waals surface area contributed by atoms with E-state index in [2.05, 4.69) is 10.1 Å². The van der Waals surface area contributed by atoms with Crippen LogP contribution in [0.1, 0.15) is 41.6 Å². The molecule has 0 saturated heterocycles. The number of carbonyl (C=O) groups excluding carboxylic acids is 2. The second-order valence-corrected chi connectivity index (χ2v) is 5.56. The van der Waals surface area contributed by atoms with Crippen LogP contribution in [0.2, 0.25) is 0 Å². The summed E-state index contributed by atoms with van der Waals surface area (Å²) in [6.07, 6.45) is 4.31. The fourth-order valence-electron chi connectivity index (χ4n) is 2.65. The third-order valence-electron chi connectivity index (χ3n) is 4.02. The fraction of sp³-hybridized carbons (Fsp3) is 0.500. The van der Waals surface area contributed by atoms with Crippen molar-refractivity contribution in [3.8, 4) is 0 Å². The number of nitrogens with two attached hydrogens (primary N) is 1. The van der Waals surface area contributed by atoms with E-state index in [-0.39, 0.29) is 11.9 Å². The van der Waals surface area contributed by atoms with Crippen molar-refractivity contribution in [3.05, 3.63) is 35.4 Å². The summed E-state index contributed by atoms with van der Waals surface area (Å²) in [7, 11) is 1.36. The number of hydrogen-bond acceptors (Lipinski definition) is 4. The molecule has 1 aromatic carbocycles. The van der Waals surface area contributed by atoms with Crippen LogP contribution in [0.25, 0.3) is 0 Å². The van der Waals surface area contributed by atoms with Crippen molar-refractivity contribution >= 4 is 11.9 Å². The van der Waals surface area contributed by atoms with Crippen molar-refractivity contribution in [2.24, 2.45) is 5.73 Å². The summed E-state index contributed by atoms with van der Waals surface area (Å²) in [6.45, 7) is 0.551. The van der Waals surface area contributed by atoms with E-state index in [1.807, 2.05) is 12.1 Å². The molecule has 0 bridgehead atoms. The first kappa shape index (κ1) is 15.5. The Morgan fingerprint density at radius 3 is 2.43 bits per heavy atom. The Bertz CT molecular complexity index is 505. The highest BCUT2D eigenvalue weighted by atomic mass is 16.5. The lowest BCUT2D eigenvalue weighted by molar-refractivity contribution is -0.126. The molecule has 0 spiro atoms. The van der Waals surface area contributed by atoms with E-state index in [1.54, 1.807) is 12.1 Å². The minimum atomic E-state index is -0.672. The van der Waals surface area contributed by atoms with Crippen molar-refractivity contribution in [2.75, 3.05) is 13.7 Å². The average Bonchev–Trinajstić information content (AvgIpc) is 2.95. The molecule has 0 aliphatic heterocycles.